The highest BCUT2D eigenvalue weighted by Gasteiger charge is 2.21. The van der Waals surface area contributed by atoms with Gasteiger partial charge in [0.2, 0.25) is 5.91 Å². The predicted molar refractivity (Wildman–Crippen MR) is 68.7 cm³/mol. The first-order valence-electron chi connectivity index (χ1n) is 6.78. The maximum atomic E-state index is 11.9. The first-order chi connectivity index (χ1) is 8.13. The minimum atomic E-state index is -0.0436. The summed E-state index contributed by atoms with van der Waals surface area (Å²) in [6.07, 6.45) is 4.93. The van der Waals surface area contributed by atoms with Gasteiger partial charge in [0.15, 0.2) is 0 Å². The van der Waals surface area contributed by atoms with Crippen molar-refractivity contribution in [2.75, 3.05) is 19.7 Å². The van der Waals surface area contributed by atoms with Crippen LogP contribution in [0.1, 0.15) is 46.0 Å². The molecule has 4 heteroatoms. The first-order valence-corrected chi connectivity index (χ1v) is 6.78. The van der Waals surface area contributed by atoms with Crippen molar-refractivity contribution in [3.05, 3.63) is 0 Å². The lowest BCUT2D eigenvalue weighted by Crippen LogP contribution is -2.35. The minimum Gasteiger partial charge on any atom is -0.378 e. The zero-order valence-electron chi connectivity index (χ0n) is 11.2. The van der Waals surface area contributed by atoms with Gasteiger partial charge in [-0.15, -0.1) is 0 Å². The molecule has 1 fully saturated rings. The van der Waals surface area contributed by atoms with Crippen LogP contribution < -0.4 is 5.73 Å². The van der Waals surface area contributed by atoms with Gasteiger partial charge in [-0.3, -0.25) is 4.79 Å². The molecule has 0 saturated carbocycles. The van der Waals surface area contributed by atoms with E-state index in [4.69, 9.17) is 10.5 Å². The summed E-state index contributed by atoms with van der Waals surface area (Å²) in [5, 5.41) is 0. The Kier molecular flexibility index (Phi) is 6.52. The van der Waals surface area contributed by atoms with Crippen molar-refractivity contribution in [3.63, 3.8) is 0 Å². The van der Waals surface area contributed by atoms with E-state index in [9.17, 15) is 4.79 Å². The number of likely N-dealkylation sites (tertiary alicyclic amines) is 1. The number of rotatable bonds is 5. The van der Waals surface area contributed by atoms with Gasteiger partial charge in [0.25, 0.3) is 0 Å². The van der Waals surface area contributed by atoms with Crippen LogP contribution in [0.4, 0.5) is 0 Å². The Morgan fingerprint density at radius 1 is 1.47 bits per heavy atom. The summed E-state index contributed by atoms with van der Waals surface area (Å²) in [6.45, 7) is 6.51. The normalized spacial score (nSPS) is 23.2. The highest BCUT2D eigenvalue weighted by Crippen LogP contribution is 2.15. The second kappa shape index (κ2) is 7.67. The highest BCUT2D eigenvalue weighted by molar-refractivity contribution is 5.76. The molecule has 0 radical (unpaired) electrons. The van der Waals surface area contributed by atoms with E-state index in [0.29, 0.717) is 12.5 Å². The summed E-state index contributed by atoms with van der Waals surface area (Å²) < 4.78 is 5.76. The lowest BCUT2D eigenvalue weighted by Gasteiger charge is -2.21. The van der Waals surface area contributed by atoms with E-state index < -0.39 is 0 Å². The molecule has 0 aromatic carbocycles. The van der Waals surface area contributed by atoms with Crippen LogP contribution in [0.2, 0.25) is 0 Å². The number of nitrogens with zero attached hydrogens (tertiary/aromatic N) is 1. The van der Waals surface area contributed by atoms with E-state index in [1.54, 1.807) is 0 Å². The minimum absolute atomic E-state index is 0.0436. The predicted octanol–water partition coefficient (Wildman–Crippen LogP) is 1.53. The standard InChI is InChI=1S/C13H26N2O2/c1-3-9-17-12-5-4-7-15(8-6-12)13(16)10-11(2)14/h11-12H,3-10,14H2,1-2H3. The summed E-state index contributed by atoms with van der Waals surface area (Å²) in [5.41, 5.74) is 5.66. The molecule has 2 unspecified atom stereocenters. The van der Waals surface area contributed by atoms with Crippen molar-refractivity contribution in [1.82, 2.24) is 4.90 Å². The Labute approximate surface area is 104 Å². The number of carbonyl (C=O) groups is 1. The third-order valence-corrected chi connectivity index (χ3v) is 3.08. The van der Waals surface area contributed by atoms with Gasteiger partial charge in [-0.2, -0.15) is 0 Å². The number of ether oxygens (including phenoxy) is 1. The Morgan fingerprint density at radius 2 is 2.24 bits per heavy atom. The fourth-order valence-electron chi connectivity index (χ4n) is 2.17. The van der Waals surface area contributed by atoms with Crippen LogP contribution in [-0.2, 0) is 9.53 Å². The average molecular weight is 242 g/mol. The van der Waals surface area contributed by atoms with Crippen molar-refractivity contribution in [2.45, 2.75) is 58.1 Å². The molecule has 1 saturated heterocycles. The number of carbonyl (C=O) groups excluding carboxylic acids is 1. The quantitative estimate of drug-likeness (QED) is 0.795. The summed E-state index contributed by atoms with van der Waals surface area (Å²) >= 11 is 0. The van der Waals surface area contributed by atoms with Crippen molar-refractivity contribution < 1.29 is 9.53 Å². The molecule has 0 aromatic heterocycles. The second-order valence-electron chi connectivity index (χ2n) is 4.99. The molecule has 2 atom stereocenters. The largest absolute Gasteiger partial charge is 0.378 e. The first kappa shape index (κ1) is 14.5. The lowest BCUT2D eigenvalue weighted by atomic mass is 10.1. The maximum absolute atomic E-state index is 11.9. The number of hydrogen-bond donors (Lipinski definition) is 1. The third-order valence-electron chi connectivity index (χ3n) is 3.08. The van der Waals surface area contributed by atoms with Crippen LogP contribution in [-0.4, -0.2) is 42.6 Å². The topological polar surface area (TPSA) is 55.6 Å². The van der Waals surface area contributed by atoms with Gasteiger partial charge < -0.3 is 15.4 Å². The van der Waals surface area contributed by atoms with Gasteiger partial charge in [-0.25, -0.2) is 0 Å². The van der Waals surface area contributed by atoms with Gasteiger partial charge >= 0.3 is 0 Å². The van der Waals surface area contributed by atoms with Gasteiger partial charge in [0, 0.05) is 32.2 Å². The fourth-order valence-corrected chi connectivity index (χ4v) is 2.17. The number of nitrogens with two attached hydrogens (primary N) is 1. The molecule has 1 aliphatic heterocycles. The van der Waals surface area contributed by atoms with Crippen LogP contribution in [0.15, 0.2) is 0 Å². The van der Waals surface area contributed by atoms with Gasteiger partial charge in [0.1, 0.15) is 0 Å². The van der Waals surface area contributed by atoms with E-state index >= 15 is 0 Å². The van der Waals surface area contributed by atoms with E-state index in [1.165, 1.54) is 0 Å². The van der Waals surface area contributed by atoms with E-state index in [0.717, 1.165) is 45.4 Å². The second-order valence-corrected chi connectivity index (χ2v) is 4.99. The molecule has 2 N–H and O–H groups in total. The van der Waals surface area contributed by atoms with Crippen molar-refractivity contribution >= 4 is 5.91 Å². The molecule has 1 rings (SSSR count). The molecular weight excluding hydrogens is 216 g/mol. The Morgan fingerprint density at radius 3 is 2.88 bits per heavy atom. The molecule has 17 heavy (non-hydrogen) atoms. The summed E-state index contributed by atoms with van der Waals surface area (Å²) in [5.74, 6) is 0.191. The highest BCUT2D eigenvalue weighted by atomic mass is 16.5. The molecule has 1 heterocycles. The molecular formula is C13H26N2O2. The smallest absolute Gasteiger partial charge is 0.224 e. The summed E-state index contributed by atoms with van der Waals surface area (Å²) in [4.78, 5) is 13.8. The molecule has 1 amide bonds. The van der Waals surface area contributed by atoms with Gasteiger partial charge in [-0.1, -0.05) is 6.92 Å². The lowest BCUT2D eigenvalue weighted by molar-refractivity contribution is -0.131. The van der Waals surface area contributed by atoms with Crippen LogP contribution in [0.5, 0.6) is 0 Å². The average Bonchev–Trinajstić information content (AvgIpc) is 2.50. The molecule has 0 spiro atoms. The maximum Gasteiger partial charge on any atom is 0.224 e. The third kappa shape index (κ3) is 5.50. The molecule has 0 bridgehead atoms. The molecule has 1 aliphatic rings. The molecule has 0 aromatic rings. The van der Waals surface area contributed by atoms with Crippen LogP contribution in [0.25, 0.3) is 0 Å². The van der Waals surface area contributed by atoms with Crippen molar-refractivity contribution in [3.8, 4) is 0 Å². The summed E-state index contributed by atoms with van der Waals surface area (Å²) in [6, 6.07) is -0.0436. The molecule has 4 nitrogen and oxygen atoms in total. The van der Waals surface area contributed by atoms with E-state index in [2.05, 4.69) is 6.92 Å². The SMILES string of the molecule is CCCOC1CCCN(C(=O)CC(C)N)CC1. The van der Waals surface area contributed by atoms with Crippen molar-refractivity contribution in [1.29, 1.82) is 0 Å². The zero-order valence-corrected chi connectivity index (χ0v) is 11.2. The number of hydrogen-bond acceptors (Lipinski definition) is 3. The molecule has 100 valence electrons. The zero-order chi connectivity index (χ0) is 12.7. The van der Waals surface area contributed by atoms with Crippen molar-refractivity contribution in [2.24, 2.45) is 5.73 Å². The Hall–Kier alpha value is -0.610. The summed E-state index contributed by atoms with van der Waals surface area (Å²) in [7, 11) is 0. The Bertz CT molecular complexity index is 231. The monoisotopic (exact) mass is 242 g/mol. The van der Waals surface area contributed by atoms with Crippen LogP contribution >= 0.6 is 0 Å². The molecule has 0 aliphatic carbocycles. The Balaban J connectivity index is 2.33. The van der Waals surface area contributed by atoms with E-state index in [1.807, 2.05) is 11.8 Å². The van der Waals surface area contributed by atoms with Gasteiger partial charge in [-0.05, 0) is 32.6 Å². The van der Waals surface area contributed by atoms with Crippen LogP contribution in [0.3, 0.4) is 0 Å². The number of amides is 1. The van der Waals surface area contributed by atoms with Crippen LogP contribution in [0, 0.1) is 0 Å². The van der Waals surface area contributed by atoms with E-state index in [-0.39, 0.29) is 11.9 Å². The van der Waals surface area contributed by atoms with Gasteiger partial charge in [0.05, 0.1) is 6.10 Å². The fraction of sp³-hybridized carbons (Fsp3) is 0.923.